The molecule has 23 heavy (non-hydrogen) atoms. The van der Waals surface area contributed by atoms with E-state index in [9.17, 15) is 9.90 Å². The van der Waals surface area contributed by atoms with E-state index in [-0.39, 0.29) is 16.3 Å². The molecule has 5 nitrogen and oxygen atoms in total. The summed E-state index contributed by atoms with van der Waals surface area (Å²) >= 11 is 6.22. The topological polar surface area (TPSA) is 65.0 Å². The number of hydrogen-bond donors (Lipinski definition) is 1. The molecule has 1 aliphatic heterocycles. The van der Waals surface area contributed by atoms with Crippen LogP contribution in [0.4, 0.5) is 0 Å². The fourth-order valence-corrected chi connectivity index (χ4v) is 3.07. The molecule has 0 saturated carbocycles. The number of rotatable bonds is 4. The Hall–Kier alpha value is -2.08. The largest absolute Gasteiger partial charge is 0.495 e. The maximum Gasteiger partial charge on any atom is 0.337 e. The molecule has 2 aromatic rings. The lowest BCUT2D eigenvalue weighted by Crippen LogP contribution is -2.31. The van der Waals surface area contributed by atoms with Gasteiger partial charge < -0.3 is 19.3 Å². The Balaban J connectivity index is 2.26. The molecule has 0 amide bonds. The van der Waals surface area contributed by atoms with Gasteiger partial charge in [-0.2, -0.15) is 0 Å². The van der Waals surface area contributed by atoms with E-state index in [1.807, 2.05) is 30.3 Å². The standard InChI is InChI=1S/C17H15ClO5/c1-21-13-8-7-12(14(15(13)18)16(19)20)17(22-9-10-23-17)11-5-3-2-4-6-11/h2-8H,9-10H2,1H3,(H,19,20). The van der Waals surface area contributed by atoms with Gasteiger partial charge in [0.15, 0.2) is 0 Å². The molecule has 0 atom stereocenters. The molecule has 6 heteroatoms. The zero-order valence-corrected chi connectivity index (χ0v) is 13.2. The molecular formula is C17H15ClO5. The van der Waals surface area contributed by atoms with Gasteiger partial charge >= 0.3 is 5.97 Å². The second kappa shape index (κ2) is 6.20. The lowest BCUT2D eigenvalue weighted by molar-refractivity contribution is -0.130. The van der Waals surface area contributed by atoms with Gasteiger partial charge in [0.25, 0.3) is 0 Å². The Bertz CT molecular complexity index is 723. The molecule has 2 aromatic carbocycles. The summed E-state index contributed by atoms with van der Waals surface area (Å²) in [6, 6.07) is 12.4. The lowest BCUT2D eigenvalue weighted by Gasteiger charge is -2.30. The van der Waals surface area contributed by atoms with Crippen LogP contribution in [-0.2, 0) is 15.3 Å². The Morgan fingerprint density at radius 3 is 2.39 bits per heavy atom. The van der Waals surface area contributed by atoms with Crippen LogP contribution in [0.1, 0.15) is 21.5 Å². The van der Waals surface area contributed by atoms with Crippen LogP contribution in [0.25, 0.3) is 0 Å². The molecular weight excluding hydrogens is 320 g/mol. The Kier molecular flexibility index (Phi) is 4.26. The third-order valence-corrected chi connectivity index (χ3v) is 4.12. The van der Waals surface area contributed by atoms with Crippen LogP contribution in [0.2, 0.25) is 5.02 Å². The highest BCUT2D eigenvalue weighted by Gasteiger charge is 2.44. The lowest BCUT2D eigenvalue weighted by atomic mass is 9.92. The minimum atomic E-state index is -1.29. The highest BCUT2D eigenvalue weighted by molar-refractivity contribution is 6.35. The Morgan fingerprint density at radius 1 is 1.17 bits per heavy atom. The minimum absolute atomic E-state index is 0.0203. The van der Waals surface area contributed by atoms with Crippen molar-refractivity contribution in [3.63, 3.8) is 0 Å². The highest BCUT2D eigenvalue weighted by atomic mass is 35.5. The van der Waals surface area contributed by atoms with Gasteiger partial charge in [-0.3, -0.25) is 0 Å². The van der Waals surface area contributed by atoms with Crippen LogP contribution in [0.3, 0.4) is 0 Å². The zero-order valence-electron chi connectivity index (χ0n) is 12.4. The summed E-state index contributed by atoms with van der Waals surface area (Å²) in [6.45, 7) is 0.717. The fourth-order valence-electron chi connectivity index (χ4n) is 2.75. The van der Waals surface area contributed by atoms with E-state index < -0.39 is 11.8 Å². The molecule has 1 saturated heterocycles. The third-order valence-electron chi connectivity index (χ3n) is 3.74. The molecule has 1 aliphatic rings. The first-order valence-electron chi connectivity index (χ1n) is 7.04. The summed E-state index contributed by atoms with van der Waals surface area (Å²) in [5.74, 6) is -2.17. The van der Waals surface area contributed by atoms with Crippen LogP contribution in [0.15, 0.2) is 42.5 Å². The normalized spacial score (nSPS) is 16.3. The maximum absolute atomic E-state index is 11.8. The van der Waals surface area contributed by atoms with Crippen molar-refractivity contribution < 1.29 is 24.1 Å². The van der Waals surface area contributed by atoms with Gasteiger partial charge in [0.1, 0.15) is 5.75 Å². The Morgan fingerprint density at radius 2 is 1.83 bits per heavy atom. The summed E-state index contributed by atoms with van der Waals surface area (Å²) in [7, 11) is 1.43. The number of benzene rings is 2. The van der Waals surface area contributed by atoms with Crippen LogP contribution < -0.4 is 4.74 Å². The van der Waals surface area contributed by atoms with E-state index in [4.69, 9.17) is 25.8 Å². The summed E-state index contributed by atoms with van der Waals surface area (Å²) < 4.78 is 16.8. The molecule has 0 unspecified atom stereocenters. The quantitative estimate of drug-likeness (QED) is 0.929. The van der Waals surface area contributed by atoms with Crippen molar-refractivity contribution in [2.45, 2.75) is 5.79 Å². The van der Waals surface area contributed by atoms with E-state index in [1.54, 1.807) is 12.1 Å². The first-order valence-corrected chi connectivity index (χ1v) is 7.41. The first kappa shape index (κ1) is 15.8. The minimum Gasteiger partial charge on any atom is -0.495 e. The number of carboxylic acids is 1. The predicted molar refractivity (Wildman–Crippen MR) is 84.1 cm³/mol. The smallest absolute Gasteiger partial charge is 0.337 e. The first-order chi connectivity index (χ1) is 11.1. The molecule has 0 radical (unpaired) electrons. The van der Waals surface area contributed by atoms with E-state index in [0.717, 1.165) is 0 Å². The Labute approximate surface area is 138 Å². The van der Waals surface area contributed by atoms with Gasteiger partial charge in [-0.1, -0.05) is 41.9 Å². The van der Waals surface area contributed by atoms with Crippen molar-refractivity contribution in [2.24, 2.45) is 0 Å². The van der Waals surface area contributed by atoms with Crippen molar-refractivity contribution in [3.8, 4) is 5.75 Å². The van der Waals surface area contributed by atoms with Crippen LogP contribution in [0, 0.1) is 0 Å². The van der Waals surface area contributed by atoms with Gasteiger partial charge in [-0.15, -0.1) is 0 Å². The predicted octanol–water partition coefficient (Wildman–Crippen LogP) is 3.29. The molecule has 1 fully saturated rings. The van der Waals surface area contributed by atoms with Crippen molar-refractivity contribution in [1.82, 2.24) is 0 Å². The highest BCUT2D eigenvalue weighted by Crippen LogP contribution is 2.43. The molecule has 0 bridgehead atoms. The number of methoxy groups -OCH3 is 1. The number of ether oxygens (including phenoxy) is 3. The molecule has 3 rings (SSSR count). The van der Waals surface area contributed by atoms with Gasteiger partial charge in [-0.25, -0.2) is 4.79 Å². The van der Waals surface area contributed by atoms with Crippen LogP contribution in [0.5, 0.6) is 5.75 Å². The van der Waals surface area contributed by atoms with E-state index in [2.05, 4.69) is 0 Å². The van der Waals surface area contributed by atoms with Gasteiger partial charge in [0, 0.05) is 11.1 Å². The number of aromatic carboxylic acids is 1. The number of halogens is 1. The molecule has 0 aromatic heterocycles. The number of carbonyl (C=O) groups is 1. The van der Waals surface area contributed by atoms with Crippen molar-refractivity contribution >= 4 is 17.6 Å². The number of carboxylic acid groups (broad SMARTS) is 1. The van der Waals surface area contributed by atoms with Crippen LogP contribution >= 0.6 is 11.6 Å². The molecule has 0 spiro atoms. The monoisotopic (exact) mass is 334 g/mol. The van der Waals surface area contributed by atoms with E-state index in [0.29, 0.717) is 24.3 Å². The maximum atomic E-state index is 11.8. The van der Waals surface area contributed by atoms with Gasteiger partial charge in [0.2, 0.25) is 5.79 Å². The summed E-state index contributed by atoms with van der Waals surface area (Å²) in [6.07, 6.45) is 0. The molecule has 120 valence electrons. The van der Waals surface area contributed by atoms with Crippen molar-refractivity contribution in [1.29, 1.82) is 0 Å². The van der Waals surface area contributed by atoms with E-state index >= 15 is 0 Å². The average Bonchev–Trinajstić information content (AvgIpc) is 3.06. The molecule has 0 aliphatic carbocycles. The van der Waals surface area contributed by atoms with Crippen molar-refractivity contribution in [3.05, 3.63) is 64.2 Å². The fraction of sp³-hybridized carbons (Fsp3) is 0.235. The van der Waals surface area contributed by atoms with Gasteiger partial charge in [0.05, 0.1) is 30.9 Å². The second-order valence-corrected chi connectivity index (χ2v) is 5.37. The van der Waals surface area contributed by atoms with Gasteiger partial charge in [-0.05, 0) is 12.1 Å². The van der Waals surface area contributed by atoms with E-state index in [1.165, 1.54) is 7.11 Å². The average molecular weight is 335 g/mol. The molecule has 1 N–H and O–H groups in total. The summed E-state index contributed by atoms with van der Waals surface area (Å²) in [5, 5.41) is 9.66. The number of hydrogen-bond acceptors (Lipinski definition) is 4. The summed E-state index contributed by atoms with van der Waals surface area (Å²) in [4.78, 5) is 11.8. The third kappa shape index (κ3) is 2.57. The summed E-state index contributed by atoms with van der Waals surface area (Å²) in [5.41, 5.74) is 0.970. The van der Waals surface area contributed by atoms with Crippen molar-refractivity contribution in [2.75, 3.05) is 20.3 Å². The molecule has 1 heterocycles. The second-order valence-electron chi connectivity index (χ2n) is 4.99. The van der Waals surface area contributed by atoms with Crippen LogP contribution in [-0.4, -0.2) is 31.4 Å². The zero-order chi connectivity index (χ0) is 16.4. The SMILES string of the molecule is COc1ccc(C2(c3ccccc3)OCCO2)c(C(=O)O)c1Cl.